The van der Waals surface area contributed by atoms with Crippen molar-refractivity contribution in [3.8, 4) is 0 Å². The van der Waals surface area contributed by atoms with E-state index in [-0.39, 0.29) is 0 Å². The highest BCUT2D eigenvalue weighted by molar-refractivity contribution is 6.29. The molecular weight excluding hydrogens is 106 g/mol. The normalized spacial score (nSPS) is 13.8. The molecule has 0 rings (SSSR count). The molecule has 0 radical (unpaired) electrons. The third kappa shape index (κ3) is 2.15. The quantitative estimate of drug-likeness (QED) is 0.365. The molecule has 0 aromatic carbocycles. The highest BCUT2D eigenvalue weighted by atomic mass is 35.5. The van der Waals surface area contributed by atoms with Crippen LogP contribution in [0.15, 0.2) is 0 Å². The SMILES string of the molecule is CC(Cl)C(=O)F. The van der Waals surface area contributed by atoms with Crippen LogP contribution in [0.2, 0.25) is 0 Å². The van der Waals surface area contributed by atoms with Crippen molar-refractivity contribution >= 4 is 17.6 Å². The maximum atomic E-state index is 11.1. The number of rotatable bonds is 1. The lowest BCUT2D eigenvalue weighted by atomic mass is 10.5. The number of alkyl halides is 1. The molecule has 0 aliphatic heterocycles. The first-order chi connectivity index (χ1) is 2.64. The van der Waals surface area contributed by atoms with Gasteiger partial charge in [0.2, 0.25) is 0 Å². The Morgan fingerprint density at radius 3 is 2.17 bits per heavy atom. The molecule has 0 bridgehead atoms. The molecule has 0 spiro atoms. The van der Waals surface area contributed by atoms with Crippen molar-refractivity contribution in [3.63, 3.8) is 0 Å². The Morgan fingerprint density at radius 1 is 2.00 bits per heavy atom. The monoisotopic (exact) mass is 110 g/mol. The molecule has 0 fully saturated rings. The van der Waals surface area contributed by atoms with Gasteiger partial charge in [-0.15, -0.1) is 11.6 Å². The summed E-state index contributed by atoms with van der Waals surface area (Å²) < 4.78 is 11.1. The largest absolute Gasteiger partial charge is 0.318 e. The van der Waals surface area contributed by atoms with Gasteiger partial charge in [-0.25, -0.2) is 0 Å². The molecule has 0 N–H and O–H groups in total. The van der Waals surface area contributed by atoms with E-state index in [1.165, 1.54) is 6.92 Å². The first-order valence-corrected chi connectivity index (χ1v) is 1.91. The van der Waals surface area contributed by atoms with Crippen LogP contribution in [0.25, 0.3) is 0 Å². The fourth-order valence-corrected chi connectivity index (χ4v) is 0. The molecule has 1 nitrogen and oxygen atoms in total. The number of halogens is 2. The zero-order chi connectivity index (χ0) is 5.15. The first kappa shape index (κ1) is 5.89. The fourth-order valence-electron chi connectivity index (χ4n) is 0. The summed E-state index contributed by atoms with van der Waals surface area (Å²) in [6.45, 7) is 1.28. The highest BCUT2D eigenvalue weighted by Crippen LogP contribution is 1.93. The summed E-state index contributed by atoms with van der Waals surface area (Å²) in [6.07, 6.45) is 0. The van der Waals surface area contributed by atoms with E-state index >= 15 is 0 Å². The van der Waals surface area contributed by atoms with E-state index in [0.717, 1.165) is 0 Å². The Labute approximate surface area is 40.1 Å². The zero-order valence-electron chi connectivity index (χ0n) is 3.24. The molecule has 0 amide bonds. The molecule has 0 saturated heterocycles. The van der Waals surface area contributed by atoms with Gasteiger partial charge in [0.25, 0.3) is 0 Å². The van der Waals surface area contributed by atoms with Crippen LogP contribution in [0.1, 0.15) is 6.92 Å². The van der Waals surface area contributed by atoms with Crippen LogP contribution in [0.4, 0.5) is 4.39 Å². The van der Waals surface area contributed by atoms with Crippen molar-refractivity contribution in [1.82, 2.24) is 0 Å². The maximum absolute atomic E-state index is 11.1. The van der Waals surface area contributed by atoms with Crippen molar-refractivity contribution in [2.75, 3.05) is 0 Å². The second-order valence-corrected chi connectivity index (χ2v) is 1.57. The molecule has 1 unspecified atom stereocenters. The molecule has 0 aromatic rings. The van der Waals surface area contributed by atoms with Gasteiger partial charge in [0.15, 0.2) is 0 Å². The minimum atomic E-state index is -1.48. The van der Waals surface area contributed by atoms with Gasteiger partial charge in [-0.3, -0.25) is 4.79 Å². The smallest absolute Gasteiger partial charge is 0.259 e. The highest BCUT2D eigenvalue weighted by Gasteiger charge is 2.03. The van der Waals surface area contributed by atoms with Crippen LogP contribution >= 0.6 is 11.6 Å². The average molecular weight is 111 g/mol. The van der Waals surface area contributed by atoms with E-state index in [0.29, 0.717) is 0 Å². The van der Waals surface area contributed by atoms with E-state index in [9.17, 15) is 9.18 Å². The number of hydrogen-bond donors (Lipinski definition) is 0. The molecule has 0 aliphatic carbocycles. The van der Waals surface area contributed by atoms with Gasteiger partial charge in [0.1, 0.15) is 5.38 Å². The molecule has 0 aromatic heterocycles. The summed E-state index contributed by atoms with van der Waals surface area (Å²) in [6, 6.07) is -1.48. The van der Waals surface area contributed by atoms with Crippen molar-refractivity contribution in [3.05, 3.63) is 0 Å². The summed E-state index contributed by atoms with van der Waals surface area (Å²) in [5.74, 6) is 0. The van der Waals surface area contributed by atoms with Gasteiger partial charge >= 0.3 is 6.04 Å². The zero-order valence-corrected chi connectivity index (χ0v) is 4.00. The predicted molar refractivity (Wildman–Crippen MR) is 21.4 cm³/mol. The van der Waals surface area contributed by atoms with E-state index in [2.05, 4.69) is 0 Å². The van der Waals surface area contributed by atoms with Crippen molar-refractivity contribution in [2.24, 2.45) is 0 Å². The summed E-state index contributed by atoms with van der Waals surface area (Å²) in [5, 5.41) is -0.981. The lowest BCUT2D eigenvalue weighted by Gasteiger charge is -1.83. The molecule has 0 saturated carbocycles. The van der Waals surface area contributed by atoms with Gasteiger partial charge < -0.3 is 0 Å². The first-order valence-electron chi connectivity index (χ1n) is 1.48. The van der Waals surface area contributed by atoms with E-state index in [1.54, 1.807) is 0 Å². The van der Waals surface area contributed by atoms with Gasteiger partial charge in [-0.1, -0.05) is 0 Å². The standard InChI is InChI=1S/C3H4ClFO/c1-2(4)3(5)6/h2H,1H3. The van der Waals surface area contributed by atoms with Gasteiger partial charge in [-0.05, 0) is 6.92 Å². The van der Waals surface area contributed by atoms with Gasteiger partial charge in [0, 0.05) is 0 Å². The second kappa shape index (κ2) is 2.13. The van der Waals surface area contributed by atoms with Crippen molar-refractivity contribution in [1.29, 1.82) is 0 Å². The lowest BCUT2D eigenvalue weighted by molar-refractivity contribution is -0.128. The number of carbonyl (C=O) groups is 1. The Hall–Kier alpha value is -0.110. The van der Waals surface area contributed by atoms with Crippen LogP contribution in [-0.4, -0.2) is 11.4 Å². The second-order valence-electron chi connectivity index (χ2n) is 0.920. The van der Waals surface area contributed by atoms with E-state index < -0.39 is 11.4 Å². The van der Waals surface area contributed by atoms with Crippen LogP contribution < -0.4 is 0 Å². The number of hydrogen-bond acceptors (Lipinski definition) is 1. The Balaban J connectivity index is 3.26. The molecule has 0 aliphatic rings. The minimum absolute atomic E-state index is 0.981. The lowest BCUT2D eigenvalue weighted by Crippen LogP contribution is -2.00. The summed E-state index contributed by atoms with van der Waals surface area (Å²) in [5.41, 5.74) is 0. The van der Waals surface area contributed by atoms with Crippen LogP contribution in [-0.2, 0) is 4.79 Å². The molecule has 0 heterocycles. The summed E-state index contributed by atoms with van der Waals surface area (Å²) >= 11 is 4.89. The third-order valence-electron chi connectivity index (χ3n) is 0.313. The van der Waals surface area contributed by atoms with Gasteiger partial charge in [-0.2, -0.15) is 4.39 Å². The third-order valence-corrected chi connectivity index (χ3v) is 0.484. The van der Waals surface area contributed by atoms with Crippen LogP contribution in [0.5, 0.6) is 0 Å². The number of carbonyl (C=O) groups excluding carboxylic acids is 1. The summed E-state index contributed by atoms with van der Waals surface area (Å²) in [4.78, 5) is 9.34. The molecule has 3 heteroatoms. The maximum Gasteiger partial charge on any atom is 0.318 e. The van der Waals surface area contributed by atoms with Crippen molar-refractivity contribution in [2.45, 2.75) is 12.3 Å². The van der Waals surface area contributed by atoms with Crippen LogP contribution in [0, 0.1) is 0 Å². The van der Waals surface area contributed by atoms with E-state index in [4.69, 9.17) is 11.6 Å². The molecule has 1 atom stereocenters. The van der Waals surface area contributed by atoms with E-state index in [1.807, 2.05) is 0 Å². The van der Waals surface area contributed by atoms with Gasteiger partial charge in [0.05, 0.1) is 0 Å². The molecule has 6 heavy (non-hydrogen) atoms. The Bertz CT molecular complexity index is 61.8. The Kier molecular flexibility index (Phi) is 2.09. The van der Waals surface area contributed by atoms with Crippen molar-refractivity contribution < 1.29 is 9.18 Å². The predicted octanol–water partition coefficient (Wildman–Crippen LogP) is 1.11. The fraction of sp³-hybridized carbons (Fsp3) is 0.667. The average Bonchev–Trinajstić information content (AvgIpc) is 1.36. The summed E-state index contributed by atoms with van der Waals surface area (Å²) in [7, 11) is 0. The molecular formula is C3H4ClFO. The molecule has 36 valence electrons. The van der Waals surface area contributed by atoms with Crippen LogP contribution in [0.3, 0.4) is 0 Å². The minimum Gasteiger partial charge on any atom is -0.259 e. The topological polar surface area (TPSA) is 17.1 Å². The Morgan fingerprint density at radius 2 is 2.17 bits per heavy atom.